The first-order valence-electron chi connectivity index (χ1n) is 7.11. The lowest BCUT2D eigenvalue weighted by Crippen LogP contribution is -2.27. The van der Waals surface area contributed by atoms with E-state index in [1.54, 1.807) is 0 Å². The summed E-state index contributed by atoms with van der Waals surface area (Å²) in [6, 6.07) is 16.1. The third kappa shape index (κ3) is 4.04. The maximum atomic E-state index is 9.31. The Morgan fingerprint density at radius 3 is 2.62 bits per heavy atom. The highest BCUT2D eigenvalue weighted by molar-refractivity contribution is 5.54. The molecule has 1 heterocycles. The van der Waals surface area contributed by atoms with Gasteiger partial charge in [0.2, 0.25) is 0 Å². The number of aryl methyl sites for hydroxylation is 1. The van der Waals surface area contributed by atoms with Crippen molar-refractivity contribution >= 4 is 5.82 Å². The van der Waals surface area contributed by atoms with Gasteiger partial charge in [0.25, 0.3) is 0 Å². The van der Waals surface area contributed by atoms with Crippen LogP contribution in [0.4, 0.5) is 5.82 Å². The van der Waals surface area contributed by atoms with Gasteiger partial charge < -0.3 is 10.6 Å². The largest absolute Gasteiger partial charge is 0.351 e. The van der Waals surface area contributed by atoms with Gasteiger partial charge in [0, 0.05) is 18.8 Å². The lowest BCUT2D eigenvalue weighted by atomic mass is 10.1. The van der Waals surface area contributed by atoms with E-state index in [0.29, 0.717) is 12.1 Å². The number of nitriles is 1. The van der Waals surface area contributed by atoms with E-state index in [0.717, 1.165) is 31.0 Å². The van der Waals surface area contributed by atoms with E-state index in [1.165, 1.54) is 5.56 Å². The van der Waals surface area contributed by atoms with Gasteiger partial charge in [0.1, 0.15) is 11.9 Å². The van der Waals surface area contributed by atoms with Crippen molar-refractivity contribution in [2.45, 2.75) is 19.9 Å². The summed E-state index contributed by atoms with van der Waals surface area (Å²) in [5.41, 5.74) is 8.35. The van der Waals surface area contributed by atoms with Crippen LogP contribution in [0.25, 0.3) is 0 Å². The number of nitrogens with zero attached hydrogens (tertiary/aromatic N) is 3. The van der Waals surface area contributed by atoms with Crippen molar-refractivity contribution in [1.82, 2.24) is 4.98 Å². The summed E-state index contributed by atoms with van der Waals surface area (Å²) in [5.74, 6) is 0.745. The predicted octanol–water partition coefficient (Wildman–Crippen LogP) is 2.62. The number of anilines is 1. The van der Waals surface area contributed by atoms with Crippen LogP contribution in [0.3, 0.4) is 0 Å². The van der Waals surface area contributed by atoms with Gasteiger partial charge in [-0.3, -0.25) is 0 Å². The Kier molecular flexibility index (Phi) is 5.30. The van der Waals surface area contributed by atoms with Gasteiger partial charge in [0.05, 0.1) is 5.56 Å². The summed E-state index contributed by atoms with van der Waals surface area (Å²) in [7, 11) is 0. The van der Waals surface area contributed by atoms with Gasteiger partial charge in [-0.25, -0.2) is 4.98 Å². The minimum absolute atomic E-state index is 0.605. The summed E-state index contributed by atoms with van der Waals surface area (Å²) in [4.78, 5) is 6.69. The predicted molar refractivity (Wildman–Crippen MR) is 84.9 cm³/mol. The monoisotopic (exact) mass is 280 g/mol. The normalized spacial score (nSPS) is 10.1. The number of hydrogen-bond acceptors (Lipinski definition) is 4. The molecule has 0 spiro atoms. The van der Waals surface area contributed by atoms with Crippen molar-refractivity contribution in [3.8, 4) is 6.07 Å². The van der Waals surface area contributed by atoms with Gasteiger partial charge in [0.15, 0.2) is 0 Å². The molecule has 0 aliphatic rings. The molecule has 0 amide bonds. The highest BCUT2D eigenvalue weighted by Gasteiger charge is 2.13. The Bertz CT molecular complexity index is 616. The molecule has 0 radical (unpaired) electrons. The number of benzene rings is 1. The average Bonchev–Trinajstić information content (AvgIpc) is 2.52. The lowest BCUT2D eigenvalue weighted by Gasteiger charge is -2.25. The van der Waals surface area contributed by atoms with Crippen LogP contribution in [-0.4, -0.2) is 18.1 Å². The molecule has 0 bridgehead atoms. The van der Waals surface area contributed by atoms with Crippen molar-refractivity contribution in [2.24, 2.45) is 5.73 Å². The number of nitrogens with two attached hydrogens (primary N) is 1. The summed E-state index contributed by atoms with van der Waals surface area (Å²) in [5, 5.41) is 9.31. The van der Waals surface area contributed by atoms with Crippen LogP contribution in [0, 0.1) is 18.3 Å². The highest BCUT2D eigenvalue weighted by atomic mass is 15.2. The zero-order chi connectivity index (χ0) is 15.1. The highest BCUT2D eigenvalue weighted by Crippen LogP contribution is 2.20. The Balaban J connectivity index is 2.31. The molecule has 2 rings (SSSR count). The van der Waals surface area contributed by atoms with Crippen molar-refractivity contribution in [2.75, 3.05) is 18.0 Å². The number of aromatic nitrogens is 1. The van der Waals surface area contributed by atoms with E-state index in [1.807, 2.05) is 37.3 Å². The molecule has 0 saturated heterocycles. The first kappa shape index (κ1) is 15.0. The molecule has 0 fully saturated rings. The number of pyridine rings is 1. The molecule has 2 aromatic rings. The second kappa shape index (κ2) is 7.41. The maximum absolute atomic E-state index is 9.31. The number of rotatable bonds is 6. The van der Waals surface area contributed by atoms with Crippen molar-refractivity contribution in [3.05, 3.63) is 59.3 Å². The maximum Gasteiger partial charge on any atom is 0.147 e. The molecule has 4 nitrogen and oxygen atoms in total. The zero-order valence-corrected chi connectivity index (χ0v) is 12.3. The fraction of sp³-hybridized carbons (Fsp3) is 0.294. The zero-order valence-electron chi connectivity index (χ0n) is 12.3. The van der Waals surface area contributed by atoms with E-state index < -0.39 is 0 Å². The average molecular weight is 280 g/mol. The summed E-state index contributed by atoms with van der Waals surface area (Å²) < 4.78 is 0. The fourth-order valence-corrected chi connectivity index (χ4v) is 2.22. The molecule has 1 aromatic carbocycles. The molecule has 21 heavy (non-hydrogen) atoms. The first-order valence-corrected chi connectivity index (χ1v) is 7.11. The van der Waals surface area contributed by atoms with Crippen LogP contribution in [0.1, 0.15) is 23.2 Å². The van der Waals surface area contributed by atoms with Crippen LogP contribution < -0.4 is 10.6 Å². The summed E-state index contributed by atoms with van der Waals surface area (Å²) >= 11 is 0. The van der Waals surface area contributed by atoms with Gasteiger partial charge in [-0.05, 0) is 37.6 Å². The van der Waals surface area contributed by atoms with E-state index in [4.69, 9.17) is 5.73 Å². The molecule has 0 unspecified atom stereocenters. The molecular formula is C17H20N4. The van der Waals surface area contributed by atoms with Crippen LogP contribution >= 0.6 is 0 Å². The minimum atomic E-state index is 0.605. The van der Waals surface area contributed by atoms with Gasteiger partial charge in [-0.2, -0.15) is 5.26 Å². The molecule has 0 atom stereocenters. The fourth-order valence-electron chi connectivity index (χ4n) is 2.22. The third-order valence-electron chi connectivity index (χ3n) is 3.28. The van der Waals surface area contributed by atoms with Gasteiger partial charge in [-0.15, -0.1) is 0 Å². The van der Waals surface area contributed by atoms with Crippen LogP contribution in [0.2, 0.25) is 0 Å². The summed E-state index contributed by atoms with van der Waals surface area (Å²) in [6.07, 6.45) is 0.868. The van der Waals surface area contributed by atoms with Crippen molar-refractivity contribution in [3.63, 3.8) is 0 Å². The lowest BCUT2D eigenvalue weighted by molar-refractivity contribution is 0.724. The Hall–Kier alpha value is -2.38. The van der Waals surface area contributed by atoms with E-state index in [9.17, 15) is 5.26 Å². The molecule has 0 aliphatic heterocycles. The standard InChI is InChI=1S/C17H20N4/c1-14-8-9-16(12-19)17(20-14)21(11-5-10-18)13-15-6-3-2-4-7-15/h2-4,6-9H,5,10-11,13,18H2,1H3. The topological polar surface area (TPSA) is 65.9 Å². The molecular weight excluding hydrogens is 260 g/mol. The molecule has 2 N–H and O–H groups in total. The van der Waals surface area contributed by atoms with E-state index in [2.05, 4.69) is 28.1 Å². The second-order valence-corrected chi connectivity index (χ2v) is 4.98. The second-order valence-electron chi connectivity index (χ2n) is 4.98. The summed E-state index contributed by atoms with van der Waals surface area (Å²) in [6.45, 7) is 4.08. The molecule has 0 saturated carbocycles. The third-order valence-corrected chi connectivity index (χ3v) is 3.28. The van der Waals surface area contributed by atoms with Gasteiger partial charge >= 0.3 is 0 Å². The van der Waals surface area contributed by atoms with E-state index >= 15 is 0 Å². The minimum Gasteiger partial charge on any atom is -0.351 e. The van der Waals surface area contributed by atoms with Crippen LogP contribution in [-0.2, 0) is 6.54 Å². The van der Waals surface area contributed by atoms with Crippen molar-refractivity contribution in [1.29, 1.82) is 5.26 Å². The van der Waals surface area contributed by atoms with Crippen LogP contribution in [0.5, 0.6) is 0 Å². The smallest absolute Gasteiger partial charge is 0.147 e. The van der Waals surface area contributed by atoms with Crippen molar-refractivity contribution < 1.29 is 0 Å². The number of hydrogen-bond donors (Lipinski definition) is 1. The molecule has 0 aliphatic carbocycles. The molecule has 1 aromatic heterocycles. The van der Waals surface area contributed by atoms with Crippen LogP contribution in [0.15, 0.2) is 42.5 Å². The Morgan fingerprint density at radius 1 is 1.19 bits per heavy atom. The Labute approximate surface area is 125 Å². The first-order chi connectivity index (χ1) is 10.2. The van der Waals surface area contributed by atoms with Gasteiger partial charge in [-0.1, -0.05) is 30.3 Å². The Morgan fingerprint density at radius 2 is 1.95 bits per heavy atom. The molecule has 4 heteroatoms. The van der Waals surface area contributed by atoms with E-state index in [-0.39, 0.29) is 0 Å². The quantitative estimate of drug-likeness (QED) is 0.883. The SMILES string of the molecule is Cc1ccc(C#N)c(N(CCCN)Cc2ccccc2)n1. The molecule has 108 valence electrons.